The average Bonchev–Trinajstić information content (AvgIpc) is 3.17. The number of amides is 2. The van der Waals surface area contributed by atoms with E-state index in [1.54, 1.807) is 42.7 Å². The van der Waals surface area contributed by atoms with Crippen LogP contribution in [0.3, 0.4) is 0 Å². The molecule has 0 aliphatic rings. The second-order valence-electron chi connectivity index (χ2n) is 5.42. The Hall–Kier alpha value is -3.06. The Bertz CT molecular complexity index is 867. The maximum absolute atomic E-state index is 11.9. The lowest BCUT2D eigenvalue weighted by Gasteiger charge is -2.10. The van der Waals surface area contributed by atoms with Gasteiger partial charge in [0.15, 0.2) is 5.76 Å². The van der Waals surface area contributed by atoms with Gasteiger partial charge < -0.3 is 19.8 Å². The van der Waals surface area contributed by atoms with E-state index in [1.807, 2.05) is 13.0 Å². The molecule has 3 rings (SSSR count). The Labute approximate surface area is 155 Å². The van der Waals surface area contributed by atoms with Crippen molar-refractivity contribution in [1.82, 2.24) is 15.5 Å². The zero-order valence-electron chi connectivity index (χ0n) is 14.0. The first-order chi connectivity index (χ1) is 12.6. The molecule has 2 N–H and O–H groups in total. The number of carbonyl (C=O) groups excluding carboxylic acids is 1. The second kappa shape index (κ2) is 8.35. The van der Waals surface area contributed by atoms with Crippen molar-refractivity contribution in [3.05, 3.63) is 59.3 Å². The van der Waals surface area contributed by atoms with E-state index in [9.17, 15) is 4.79 Å². The van der Waals surface area contributed by atoms with E-state index >= 15 is 0 Å². The van der Waals surface area contributed by atoms with Gasteiger partial charge in [0.2, 0.25) is 5.88 Å². The molecule has 2 heterocycles. The van der Waals surface area contributed by atoms with E-state index in [-0.39, 0.29) is 12.6 Å². The molecule has 2 amide bonds. The topological polar surface area (TPSA) is 89.3 Å². The molecule has 0 atom stereocenters. The summed E-state index contributed by atoms with van der Waals surface area (Å²) in [6.07, 6.45) is 1.57. The van der Waals surface area contributed by atoms with Crippen LogP contribution in [0.5, 0.6) is 5.88 Å². The van der Waals surface area contributed by atoms with E-state index in [2.05, 4.69) is 20.8 Å². The number of nitrogens with zero attached hydrogens (tertiary/aromatic N) is 2. The number of benzene rings is 1. The molecule has 1 aromatic carbocycles. The minimum absolute atomic E-state index is 0.261. The zero-order chi connectivity index (χ0) is 18.4. The largest absolute Gasteiger partial charge is 0.475 e. The SMILES string of the molecule is Cc1ccc(Cl)cc1NC(=O)NCCOc1ccc(-c2ccco2)nn1. The van der Waals surface area contributed by atoms with E-state index in [0.29, 0.717) is 34.6 Å². The summed E-state index contributed by atoms with van der Waals surface area (Å²) in [5, 5.41) is 14.0. The van der Waals surface area contributed by atoms with Crippen LogP contribution in [0.15, 0.2) is 53.1 Å². The smallest absolute Gasteiger partial charge is 0.319 e. The fourth-order valence-corrected chi connectivity index (χ4v) is 2.34. The number of urea groups is 1. The van der Waals surface area contributed by atoms with Gasteiger partial charge >= 0.3 is 6.03 Å². The van der Waals surface area contributed by atoms with Crippen LogP contribution >= 0.6 is 11.6 Å². The molecule has 0 fully saturated rings. The predicted octanol–water partition coefficient (Wildman–Crippen LogP) is 3.90. The summed E-state index contributed by atoms with van der Waals surface area (Å²) in [5.41, 5.74) is 2.21. The third-order valence-electron chi connectivity index (χ3n) is 3.50. The van der Waals surface area contributed by atoms with Crippen LogP contribution < -0.4 is 15.4 Å². The standard InChI is InChI=1S/C18H17ClN4O3/c1-12-4-5-13(19)11-15(12)21-18(24)20-8-10-26-17-7-6-14(22-23-17)16-3-2-9-25-16/h2-7,9,11H,8,10H2,1H3,(H2,20,21,24). The molecule has 2 aromatic heterocycles. The molecular formula is C18H17ClN4O3. The van der Waals surface area contributed by atoms with E-state index in [0.717, 1.165) is 5.56 Å². The van der Waals surface area contributed by atoms with Crippen LogP contribution in [0.1, 0.15) is 5.56 Å². The highest BCUT2D eigenvalue weighted by Gasteiger charge is 2.06. The van der Waals surface area contributed by atoms with E-state index in [4.69, 9.17) is 20.8 Å². The van der Waals surface area contributed by atoms with E-state index in [1.165, 1.54) is 0 Å². The number of aryl methyl sites for hydroxylation is 1. The van der Waals surface area contributed by atoms with Crippen LogP contribution in [0.2, 0.25) is 5.02 Å². The summed E-state index contributed by atoms with van der Waals surface area (Å²) >= 11 is 5.93. The van der Waals surface area contributed by atoms with Crippen molar-refractivity contribution in [1.29, 1.82) is 0 Å². The summed E-state index contributed by atoms with van der Waals surface area (Å²) in [4.78, 5) is 11.9. The summed E-state index contributed by atoms with van der Waals surface area (Å²) in [7, 11) is 0. The molecule has 0 radical (unpaired) electrons. The fourth-order valence-electron chi connectivity index (χ4n) is 2.17. The summed E-state index contributed by atoms with van der Waals surface area (Å²) in [6.45, 7) is 2.46. The molecule has 0 saturated carbocycles. The minimum atomic E-state index is -0.335. The molecule has 0 spiro atoms. The van der Waals surface area contributed by atoms with Gasteiger partial charge in [-0.25, -0.2) is 4.79 Å². The number of nitrogens with one attached hydrogen (secondary N) is 2. The Morgan fingerprint density at radius 1 is 1.23 bits per heavy atom. The number of furan rings is 1. The quantitative estimate of drug-likeness (QED) is 0.640. The van der Waals surface area contributed by atoms with Crippen molar-refractivity contribution in [3.63, 3.8) is 0 Å². The van der Waals surface area contributed by atoms with Crippen molar-refractivity contribution in [2.45, 2.75) is 6.92 Å². The van der Waals surface area contributed by atoms with Crippen molar-refractivity contribution < 1.29 is 13.9 Å². The maximum Gasteiger partial charge on any atom is 0.319 e. The lowest BCUT2D eigenvalue weighted by atomic mass is 10.2. The average molecular weight is 373 g/mol. The molecule has 26 heavy (non-hydrogen) atoms. The van der Waals surface area contributed by atoms with Crippen LogP contribution in [-0.2, 0) is 0 Å². The van der Waals surface area contributed by atoms with Crippen LogP contribution in [-0.4, -0.2) is 29.4 Å². The van der Waals surface area contributed by atoms with Gasteiger partial charge in [0.05, 0.1) is 12.8 Å². The molecule has 0 bridgehead atoms. The maximum atomic E-state index is 11.9. The molecule has 0 aliphatic heterocycles. The Morgan fingerprint density at radius 2 is 2.12 bits per heavy atom. The van der Waals surface area contributed by atoms with Gasteiger partial charge in [-0.05, 0) is 42.8 Å². The molecule has 3 aromatic rings. The third-order valence-corrected chi connectivity index (χ3v) is 3.73. The first-order valence-electron chi connectivity index (χ1n) is 7.93. The van der Waals surface area contributed by atoms with Gasteiger partial charge in [-0.3, -0.25) is 0 Å². The van der Waals surface area contributed by atoms with Gasteiger partial charge in [0.1, 0.15) is 12.3 Å². The highest BCUT2D eigenvalue weighted by molar-refractivity contribution is 6.31. The molecule has 134 valence electrons. The molecular weight excluding hydrogens is 356 g/mol. The fraction of sp³-hybridized carbons (Fsp3) is 0.167. The number of ether oxygens (including phenoxy) is 1. The van der Waals surface area contributed by atoms with Gasteiger partial charge in [-0.15, -0.1) is 10.2 Å². The monoisotopic (exact) mass is 372 g/mol. The number of halogens is 1. The number of hydrogen-bond donors (Lipinski definition) is 2. The van der Waals surface area contributed by atoms with Crippen molar-refractivity contribution >= 4 is 23.3 Å². The normalized spacial score (nSPS) is 10.4. The Balaban J connectivity index is 1.42. The summed E-state index contributed by atoms with van der Waals surface area (Å²) in [5.74, 6) is 1.01. The second-order valence-corrected chi connectivity index (χ2v) is 5.86. The van der Waals surface area contributed by atoms with Gasteiger partial charge in [-0.1, -0.05) is 17.7 Å². The van der Waals surface area contributed by atoms with Crippen LogP contribution in [0.4, 0.5) is 10.5 Å². The number of aromatic nitrogens is 2. The minimum Gasteiger partial charge on any atom is -0.475 e. The van der Waals surface area contributed by atoms with Crippen molar-refractivity contribution in [2.24, 2.45) is 0 Å². The molecule has 7 nitrogen and oxygen atoms in total. The lowest BCUT2D eigenvalue weighted by Crippen LogP contribution is -2.32. The van der Waals surface area contributed by atoms with Gasteiger partial charge in [0.25, 0.3) is 0 Å². The number of rotatable bonds is 6. The highest BCUT2D eigenvalue weighted by Crippen LogP contribution is 2.20. The van der Waals surface area contributed by atoms with Crippen molar-refractivity contribution in [2.75, 3.05) is 18.5 Å². The number of anilines is 1. The molecule has 0 aliphatic carbocycles. The number of hydrogen-bond acceptors (Lipinski definition) is 5. The first kappa shape index (κ1) is 17.8. The third kappa shape index (κ3) is 4.73. The first-order valence-corrected chi connectivity index (χ1v) is 8.31. The van der Waals surface area contributed by atoms with Gasteiger partial charge in [-0.2, -0.15) is 0 Å². The van der Waals surface area contributed by atoms with E-state index < -0.39 is 0 Å². The Morgan fingerprint density at radius 3 is 2.85 bits per heavy atom. The predicted molar refractivity (Wildman–Crippen MR) is 98.4 cm³/mol. The summed E-state index contributed by atoms with van der Waals surface area (Å²) in [6, 6.07) is 12.0. The Kier molecular flexibility index (Phi) is 5.70. The van der Waals surface area contributed by atoms with Crippen molar-refractivity contribution in [3.8, 4) is 17.3 Å². The van der Waals surface area contributed by atoms with Gasteiger partial charge in [0, 0.05) is 16.8 Å². The van der Waals surface area contributed by atoms with Crippen LogP contribution in [0, 0.1) is 6.92 Å². The highest BCUT2D eigenvalue weighted by atomic mass is 35.5. The summed E-state index contributed by atoms with van der Waals surface area (Å²) < 4.78 is 10.7. The molecule has 0 saturated heterocycles. The zero-order valence-corrected chi connectivity index (χ0v) is 14.8. The number of carbonyl (C=O) groups is 1. The lowest BCUT2D eigenvalue weighted by molar-refractivity contribution is 0.246. The molecule has 0 unspecified atom stereocenters. The van der Waals surface area contributed by atoms with Crippen LogP contribution in [0.25, 0.3) is 11.5 Å². The molecule has 8 heteroatoms.